The average Bonchev–Trinajstić information content (AvgIpc) is 3.47. The number of amides is 1. The van der Waals surface area contributed by atoms with E-state index in [1.807, 2.05) is 14.0 Å². The summed E-state index contributed by atoms with van der Waals surface area (Å²) in [5, 5.41) is 19.5. The van der Waals surface area contributed by atoms with Gasteiger partial charge in [-0.3, -0.25) is 9.48 Å². The lowest BCUT2D eigenvalue weighted by Crippen LogP contribution is -2.45. The Balaban J connectivity index is 1.35. The number of nitrogens with two attached hydrogens (primary N) is 1. The Morgan fingerprint density at radius 1 is 1.29 bits per heavy atom. The molecule has 0 radical (unpaired) electrons. The molecule has 0 aromatic carbocycles. The summed E-state index contributed by atoms with van der Waals surface area (Å²) in [7, 11) is 1.85. The highest BCUT2D eigenvalue weighted by atomic mass is 16.1. The number of rotatable bonds is 8. The molecule has 2 saturated carbocycles. The standard InChI is InChI=1S/C26H38N8O/c1-17-12-22(19(13-28)24(29-3)30-17)33-11-5-21-20(14-33)18(2)32-34(21)16-25-6-8-26(15-25,9-7-25)31-23(35)4-10-27/h12-13,28H,4-11,14-16,27H2,1-3H3,(H,29,30)(H,31,35). The lowest BCUT2D eigenvalue weighted by atomic mass is 9.84. The Labute approximate surface area is 207 Å². The molecule has 0 unspecified atom stereocenters. The minimum atomic E-state index is -0.0430. The Morgan fingerprint density at radius 3 is 2.74 bits per heavy atom. The fraction of sp³-hybridized carbons (Fsp3) is 0.615. The molecule has 3 heterocycles. The molecule has 9 nitrogen and oxygen atoms in total. The van der Waals surface area contributed by atoms with Crippen LogP contribution in [-0.4, -0.2) is 52.6 Å². The molecule has 2 aromatic rings. The van der Waals surface area contributed by atoms with E-state index in [4.69, 9.17) is 16.2 Å². The summed E-state index contributed by atoms with van der Waals surface area (Å²) in [4.78, 5) is 19.2. The quantitative estimate of drug-likeness (QED) is 0.432. The van der Waals surface area contributed by atoms with E-state index in [0.717, 1.165) is 86.6 Å². The Kier molecular flexibility index (Phi) is 6.07. The Bertz CT molecular complexity index is 1140. The molecule has 0 atom stereocenters. The normalized spacial score (nSPS) is 25.0. The first-order chi connectivity index (χ1) is 16.8. The SMILES string of the molecule is CNc1nc(C)cc(N2CCc3c(c(C)nn3CC34CCC(NC(=O)CCN)(CC3)C4)C2)c1C=N. The summed E-state index contributed by atoms with van der Waals surface area (Å²) in [5.41, 5.74) is 12.3. The molecule has 5 rings (SSSR count). The molecule has 9 heteroatoms. The number of hydrogen-bond acceptors (Lipinski definition) is 7. The van der Waals surface area contributed by atoms with Crippen LogP contribution in [0.5, 0.6) is 0 Å². The maximum Gasteiger partial charge on any atom is 0.221 e. The van der Waals surface area contributed by atoms with Crippen molar-refractivity contribution in [3.8, 4) is 0 Å². The summed E-state index contributed by atoms with van der Waals surface area (Å²) in [6, 6.07) is 2.08. The van der Waals surface area contributed by atoms with Gasteiger partial charge in [0.1, 0.15) is 5.82 Å². The predicted octanol–water partition coefficient (Wildman–Crippen LogP) is 2.66. The first-order valence-corrected chi connectivity index (χ1v) is 12.8. The molecule has 188 valence electrons. The van der Waals surface area contributed by atoms with Crippen molar-refractivity contribution >= 4 is 23.6 Å². The van der Waals surface area contributed by atoms with Crippen molar-refractivity contribution in [1.82, 2.24) is 20.1 Å². The second-order valence-electron chi connectivity index (χ2n) is 10.8. The van der Waals surface area contributed by atoms with Crippen LogP contribution in [0, 0.1) is 24.7 Å². The van der Waals surface area contributed by atoms with Gasteiger partial charge >= 0.3 is 0 Å². The van der Waals surface area contributed by atoms with Crippen LogP contribution in [0.3, 0.4) is 0 Å². The van der Waals surface area contributed by atoms with Gasteiger partial charge in [-0.15, -0.1) is 0 Å². The minimum Gasteiger partial charge on any atom is -0.373 e. The molecule has 0 saturated heterocycles. The molecule has 2 fully saturated rings. The van der Waals surface area contributed by atoms with Crippen LogP contribution in [-0.2, 0) is 24.3 Å². The second-order valence-corrected chi connectivity index (χ2v) is 10.8. The highest BCUT2D eigenvalue weighted by Crippen LogP contribution is 2.57. The van der Waals surface area contributed by atoms with Crippen LogP contribution >= 0.6 is 0 Å². The van der Waals surface area contributed by atoms with Crippen molar-refractivity contribution in [2.75, 3.05) is 30.4 Å². The molecule has 2 aromatic heterocycles. The van der Waals surface area contributed by atoms with E-state index in [2.05, 4.69) is 38.2 Å². The summed E-state index contributed by atoms with van der Waals surface area (Å²) in [6.45, 7) is 7.13. The molecule has 0 spiro atoms. The van der Waals surface area contributed by atoms with Crippen molar-refractivity contribution in [1.29, 1.82) is 5.41 Å². The number of carbonyl (C=O) groups excluding carboxylic acids is 1. The molecular weight excluding hydrogens is 440 g/mol. The smallest absolute Gasteiger partial charge is 0.221 e. The highest BCUT2D eigenvalue weighted by Gasteiger charge is 2.55. The molecular formula is C26H38N8O. The van der Waals surface area contributed by atoms with E-state index in [9.17, 15) is 4.79 Å². The van der Waals surface area contributed by atoms with Crippen molar-refractivity contribution in [2.24, 2.45) is 11.1 Å². The van der Waals surface area contributed by atoms with Crippen LogP contribution < -0.4 is 21.3 Å². The van der Waals surface area contributed by atoms with Gasteiger partial charge < -0.3 is 26.7 Å². The molecule has 35 heavy (non-hydrogen) atoms. The lowest BCUT2D eigenvalue weighted by Gasteiger charge is -2.32. The van der Waals surface area contributed by atoms with Crippen LogP contribution in [0.4, 0.5) is 11.5 Å². The van der Waals surface area contributed by atoms with Crippen molar-refractivity contribution in [3.05, 3.63) is 34.3 Å². The molecule has 3 aliphatic rings. The van der Waals surface area contributed by atoms with Crippen molar-refractivity contribution in [2.45, 2.75) is 77.4 Å². The number of pyridine rings is 1. The third-order valence-corrected chi connectivity index (χ3v) is 8.46. The minimum absolute atomic E-state index is 0.0430. The van der Waals surface area contributed by atoms with Crippen LogP contribution in [0.1, 0.15) is 66.7 Å². The van der Waals surface area contributed by atoms with E-state index in [-0.39, 0.29) is 16.9 Å². The van der Waals surface area contributed by atoms with Gasteiger partial charge in [0.25, 0.3) is 0 Å². The zero-order valence-corrected chi connectivity index (χ0v) is 21.2. The van der Waals surface area contributed by atoms with Gasteiger partial charge in [-0.1, -0.05) is 0 Å². The number of aromatic nitrogens is 3. The number of nitrogens with zero attached hydrogens (tertiary/aromatic N) is 4. The third kappa shape index (κ3) is 4.20. The lowest BCUT2D eigenvalue weighted by molar-refractivity contribution is -0.122. The van der Waals surface area contributed by atoms with Crippen LogP contribution in [0.2, 0.25) is 0 Å². The van der Waals surface area contributed by atoms with Crippen molar-refractivity contribution < 1.29 is 4.79 Å². The van der Waals surface area contributed by atoms with Gasteiger partial charge in [0.15, 0.2) is 0 Å². The van der Waals surface area contributed by atoms with Crippen molar-refractivity contribution in [3.63, 3.8) is 0 Å². The van der Waals surface area contributed by atoms with E-state index < -0.39 is 0 Å². The molecule has 2 bridgehead atoms. The van der Waals surface area contributed by atoms with Gasteiger partial charge in [-0.2, -0.15) is 5.10 Å². The van der Waals surface area contributed by atoms with Gasteiger partial charge in [-0.25, -0.2) is 4.98 Å². The van der Waals surface area contributed by atoms with E-state index in [0.29, 0.717) is 13.0 Å². The fourth-order valence-corrected chi connectivity index (χ4v) is 6.78. The highest BCUT2D eigenvalue weighted by molar-refractivity contribution is 5.92. The third-order valence-electron chi connectivity index (χ3n) is 8.46. The monoisotopic (exact) mass is 478 g/mol. The first-order valence-electron chi connectivity index (χ1n) is 12.8. The largest absolute Gasteiger partial charge is 0.373 e. The number of anilines is 2. The zero-order chi connectivity index (χ0) is 24.8. The number of hydrogen-bond donors (Lipinski definition) is 4. The average molecular weight is 479 g/mol. The van der Waals surface area contributed by atoms with E-state index in [1.165, 1.54) is 17.5 Å². The van der Waals surface area contributed by atoms with Gasteiger partial charge in [0.05, 0.1) is 16.9 Å². The van der Waals surface area contributed by atoms with Gasteiger partial charge in [0.2, 0.25) is 5.91 Å². The van der Waals surface area contributed by atoms with Crippen LogP contribution in [0.25, 0.3) is 0 Å². The zero-order valence-electron chi connectivity index (χ0n) is 21.2. The maximum absolute atomic E-state index is 12.3. The maximum atomic E-state index is 12.3. The first kappa shape index (κ1) is 23.8. The number of carbonyl (C=O) groups is 1. The molecule has 2 aliphatic carbocycles. The topological polar surface area (TPSA) is 125 Å². The predicted molar refractivity (Wildman–Crippen MR) is 138 cm³/mol. The number of aryl methyl sites for hydroxylation is 2. The molecule has 1 amide bonds. The summed E-state index contributed by atoms with van der Waals surface area (Å²) >= 11 is 0. The second kappa shape index (κ2) is 8.93. The summed E-state index contributed by atoms with van der Waals surface area (Å²) < 4.78 is 2.28. The Hall–Kier alpha value is -2.94. The van der Waals surface area contributed by atoms with Gasteiger partial charge in [0, 0.05) is 74.8 Å². The molecule has 1 aliphatic heterocycles. The van der Waals surface area contributed by atoms with Gasteiger partial charge in [-0.05, 0) is 57.4 Å². The van der Waals surface area contributed by atoms with Crippen LogP contribution in [0.15, 0.2) is 6.07 Å². The summed E-state index contributed by atoms with van der Waals surface area (Å²) in [5.74, 6) is 0.839. The number of nitrogens with one attached hydrogen (secondary N) is 3. The summed E-state index contributed by atoms with van der Waals surface area (Å²) in [6.07, 6.45) is 8.17. The Morgan fingerprint density at radius 2 is 2.06 bits per heavy atom. The van der Waals surface area contributed by atoms with E-state index in [1.54, 1.807) is 0 Å². The molecule has 5 N–H and O–H groups in total. The number of fused-ring (bicyclic) bond motifs is 3. The van der Waals surface area contributed by atoms with E-state index >= 15 is 0 Å². The fourth-order valence-electron chi connectivity index (χ4n) is 6.78.